The van der Waals surface area contributed by atoms with Crippen LogP contribution >= 0.6 is 0 Å². The number of nitrogens with two attached hydrogens (primary N) is 1. The van der Waals surface area contributed by atoms with Crippen molar-refractivity contribution >= 4 is 11.5 Å². The topological polar surface area (TPSA) is 84.7 Å². The lowest BCUT2D eigenvalue weighted by atomic mass is 9.97. The molecule has 3 heterocycles. The maximum atomic E-state index is 6.34. The van der Waals surface area contributed by atoms with Crippen molar-refractivity contribution in [3.63, 3.8) is 0 Å². The van der Waals surface area contributed by atoms with Gasteiger partial charge in [-0.1, -0.05) is 6.07 Å². The quantitative estimate of drug-likeness (QED) is 0.488. The average molecular weight is 440 g/mol. The van der Waals surface area contributed by atoms with Crippen molar-refractivity contribution in [2.24, 2.45) is 5.92 Å². The van der Waals surface area contributed by atoms with Crippen LogP contribution in [0.15, 0.2) is 30.5 Å². The van der Waals surface area contributed by atoms with Gasteiger partial charge in [-0.3, -0.25) is 0 Å². The minimum atomic E-state index is 0.519. The molecule has 2 aliphatic rings. The van der Waals surface area contributed by atoms with E-state index in [0.29, 0.717) is 18.3 Å². The lowest BCUT2D eigenvalue weighted by Crippen LogP contribution is -2.31. The first kappa shape index (κ1) is 22.7. The van der Waals surface area contributed by atoms with E-state index in [1.807, 2.05) is 24.3 Å². The molecule has 0 unspecified atom stereocenters. The van der Waals surface area contributed by atoms with Crippen molar-refractivity contribution in [2.45, 2.75) is 32.1 Å². The summed E-state index contributed by atoms with van der Waals surface area (Å²) in [5, 5.41) is 7.06. The molecule has 0 spiro atoms. The summed E-state index contributed by atoms with van der Waals surface area (Å²) in [6.07, 6.45) is 7.80. The van der Waals surface area contributed by atoms with Gasteiger partial charge in [0, 0.05) is 30.5 Å². The lowest BCUT2D eigenvalue weighted by molar-refractivity contribution is 0.254. The van der Waals surface area contributed by atoms with Gasteiger partial charge in [-0.05, 0) is 88.0 Å². The van der Waals surface area contributed by atoms with Crippen LogP contribution in [0.2, 0.25) is 0 Å². The van der Waals surface area contributed by atoms with E-state index < -0.39 is 0 Å². The highest BCUT2D eigenvalue weighted by Gasteiger charge is 2.17. The van der Waals surface area contributed by atoms with Crippen LogP contribution in [0, 0.1) is 5.92 Å². The summed E-state index contributed by atoms with van der Waals surface area (Å²) in [6.45, 7) is 7.30. The van der Waals surface area contributed by atoms with Gasteiger partial charge in [0.05, 0.1) is 13.7 Å². The second kappa shape index (κ2) is 11.4. The Bertz CT molecular complexity index is 863. The molecule has 2 fully saturated rings. The van der Waals surface area contributed by atoms with Gasteiger partial charge in [0.2, 0.25) is 0 Å². The minimum Gasteiger partial charge on any atom is -0.493 e. The highest BCUT2D eigenvalue weighted by Crippen LogP contribution is 2.38. The van der Waals surface area contributed by atoms with Crippen LogP contribution in [-0.2, 0) is 0 Å². The Morgan fingerprint density at radius 1 is 1.16 bits per heavy atom. The number of rotatable bonds is 10. The van der Waals surface area contributed by atoms with Gasteiger partial charge in [-0.25, -0.2) is 4.98 Å². The molecule has 32 heavy (non-hydrogen) atoms. The Morgan fingerprint density at radius 3 is 2.75 bits per heavy atom. The SMILES string of the molecule is COc1ccc(-c2c(NCC3CCNCC3)ccnc2N)cc1OCCCN1CCCC1. The number of hydrogen-bond donors (Lipinski definition) is 3. The Morgan fingerprint density at radius 2 is 1.97 bits per heavy atom. The summed E-state index contributed by atoms with van der Waals surface area (Å²) in [5.74, 6) is 2.68. The van der Waals surface area contributed by atoms with E-state index in [9.17, 15) is 0 Å². The van der Waals surface area contributed by atoms with Crippen LogP contribution in [0.25, 0.3) is 11.1 Å². The number of aromatic nitrogens is 1. The van der Waals surface area contributed by atoms with Crippen LogP contribution in [-0.4, -0.2) is 62.9 Å². The molecule has 174 valence electrons. The molecular formula is C25H37N5O2. The number of benzene rings is 1. The molecular weight excluding hydrogens is 402 g/mol. The second-order valence-electron chi connectivity index (χ2n) is 8.81. The lowest BCUT2D eigenvalue weighted by Gasteiger charge is -2.24. The van der Waals surface area contributed by atoms with Gasteiger partial charge in [0.25, 0.3) is 0 Å². The molecule has 1 aromatic carbocycles. The third-order valence-electron chi connectivity index (χ3n) is 6.55. The average Bonchev–Trinajstić information content (AvgIpc) is 3.35. The molecule has 7 heteroatoms. The Hall–Kier alpha value is -2.51. The van der Waals surface area contributed by atoms with Gasteiger partial charge >= 0.3 is 0 Å². The van der Waals surface area contributed by atoms with E-state index in [4.69, 9.17) is 15.2 Å². The third-order valence-corrected chi connectivity index (χ3v) is 6.55. The van der Waals surface area contributed by atoms with Crippen LogP contribution in [0.1, 0.15) is 32.1 Å². The molecule has 0 bridgehead atoms. The van der Waals surface area contributed by atoms with Crippen LogP contribution in [0.4, 0.5) is 11.5 Å². The first-order chi connectivity index (χ1) is 15.7. The Labute approximate surface area is 191 Å². The van der Waals surface area contributed by atoms with Crippen LogP contribution in [0.3, 0.4) is 0 Å². The zero-order valence-corrected chi connectivity index (χ0v) is 19.2. The van der Waals surface area contributed by atoms with Crippen molar-refractivity contribution in [3.8, 4) is 22.6 Å². The second-order valence-corrected chi connectivity index (χ2v) is 8.81. The highest BCUT2D eigenvalue weighted by atomic mass is 16.5. The van der Waals surface area contributed by atoms with Crippen LogP contribution < -0.4 is 25.8 Å². The largest absolute Gasteiger partial charge is 0.493 e. The number of ether oxygens (including phenoxy) is 2. The van der Waals surface area contributed by atoms with E-state index in [1.165, 1.54) is 38.8 Å². The molecule has 7 nitrogen and oxygen atoms in total. The van der Waals surface area contributed by atoms with E-state index >= 15 is 0 Å². The van der Waals surface area contributed by atoms with Gasteiger partial charge in [0.15, 0.2) is 11.5 Å². The molecule has 4 rings (SSSR count). The molecule has 0 amide bonds. The fraction of sp³-hybridized carbons (Fsp3) is 0.560. The van der Waals surface area contributed by atoms with Gasteiger partial charge < -0.3 is 30.7 Å². The first-order valence-corrected chi connectivity index (χ1v) is 12.0. The molecule has 0 aliphatic carbocycles. The Balaban J connectivity index is 1.46. The summed E-state index contributed by atoms with van der Waals surface area (Å²) >= 11 is 0. The maximum Gasteiger partial charge on any atom is 0.161 e. The molecule has 2 aliphatic heterocycles. The summed E-state index contributed by atoms with van der Waals surface area (Å²) in [7, 11) is 1.68. The molecule has 4 N–H and O–H groups in total. The minimum absolute atomic E-state index is 0.519. The number of nitrogens with zero attached hydrogens (tertiary/aromatic N) is 2. The van der Waals surface area contributed by atoms with E-state index in [1.54, 1.807) is 13.3 Å². The highest BCUT2D eigenvalue weighted by molar-refractivity contribution is 5.86. The summed E-state index contributed by atoms with van der Waals surface area (Å²) < 4.78 is 11.7. The van der Waals surface area contributed by atoms with E-state index in [-0.39, 0.29) is 0 Å². The molecule has 1 aromatic heterocycles. The number of nitrogen functional groups attached to an aromatic ring is 1. The Kier molecular flexibility index (Phi) is 8.07. The molecule has 0 radical (unpaired) electrons. The normalized spacial score (nSPS) is 17.4. The number of piperidine rings is 1. The summed E-state index contributed by atoms with van der Waals surface area (Å²) in [5.41, 5.74) is 9.26. The van der Waals surface area contributed by atoms with Gasteiger partial charge in [-0.15, -0.1) is 0 Å². The van der Waals surface area contributed by atoms with Crippen molar-refractivity contribution in [1.82, 2.24) is 15.2 Å². The molecule has 2 aromatic rings. The van der Waals surface area contributed by atoms with Gasteiger partial charge in [-0.2, -0.15) is 0 Å². The monoisotopic (exact) mass is 439 g/mol. The van der Waals surface area contributed by atoms with Crippen LogP contribution in [0.5, 0.6) is 11.5 Å². The number of hydrogen-bond acceptors (Lipinski definition) is 7. The smallest absolute Gasteiger partial charge is 0.161 e. The zero-order chi connectivity index (χ0) is 22.2. The fourth-order valence-corrected chi connectivity index (χ4v) is 4.69. The number of pyridine rings is 1. The number of nitrogens with one attached hydrogen (secondary N) is 2. The summed E-state index contributed by atoms with van der Waals surface area (Å²) in [4.78, 5) is 6.86. The van der Waals surface area contributed by atoms with Crippen molar-refractivity contribution in [2.75, 3.05) is 64.0 Å². The third kappa shape index (κ3) is 5.84. The predicted molar refractivity (Wildman–Crippen MR) is 131 cm³/mol. The number of likely N-dealkylation sites (tertiary alicyclic amines) is 1. The number of anilines is 2. The molecule has 2 saturated heterocycles. The van der Waals surface area contributed by atoms with E-state index in [0.717, 1.165) is 60.9 Å². The molecule has 0 saturated carbocycles. The van der Waals surface area contributed by atoms with Crippen molar-refractivity contribution in [3.05, 3.63) is 30.5 Å². The number of methoxy groups -OCH3 is 1. The maximum absolute atomic E-state index is 6.34. The van der Waals surface area contributed by atoms with Crippen molar-refractivity contribution < 1.29 is 9.47 Å². The standard InChI is InChI=1S/C25H37N5O2/c1-31-22-6-5-20(17-23(22)32-16-4-15-30-13-2-3-14-30)24-21(9-12-28-25(24)26)29-18-19-7-10-27-11-8-19/h5-6,9,12,17,19,27H,2-4,7-8,10-11,13-16,18H2,1H3,(H3,26,28,29). The van der Waals surface area contributed by atoms with E-state index in [2.05, 4.69) is 20.5 Å². The summed E-state index contributed by atoms with van der Waals surface area (Å²) in [6, 6.07) is 8.01. The van der Waals surface area contributed by atoms with Crippen molar-refractivity contribution in [1.29, 1.82) is 0 Å². The molecule has 0 atom stereocenters. The fourth-order valence-electron chi connectivity index (χ4n) is 4.69. The zero-order valence-electron chi connectivity index (χ0n) is 19.2. The first-order valence-electron chi connectivity index (χ1n) is 12.0. The van der Waals surface area contributed by atoms with Gasteiger partial charge in [0.1, 0.15) is 5.82 Å². The predicted octanol–water partition coefficient (Wildman–Crippen LogP) is 3.62.